The zero-order valence-electron chi connectivity index (χ0n) is 9.28. The van der Waals surface area contributed by atoms with E-state index in [-0.39, 0.29) is 0 Å². The van der Waals surface area contributed by atoms with Gasteiger partial charge in [-0.15, -0.1) is 0 Å². The maximum absolute atomic E-state index is 6.16. The molecule has 15 heavy (non-hydrogen) atoms. The summed E-state index contributed by atoms with van der Waals surface area (Å²) < 4.78 is 0. The highest BCUT2D eigenvalue weighted by molar-refractivity contribution is 7.99. The van der Waals surface area contributed by atoms with Crippen LogP contribution in [-0.2, 0) is 6.42 Å². The first kappa shape index (κ1) is 11.0. The third-order valence-corrected chi connectivity index (χ3v) is 4.44. The lowest BCUT2D eigenvalue weighted by atomic mass is 9.89. The van der Waals surface area contributed by atoms with E-state index in [2.05, 4.69) is 31.2 Å². The largest absolute Gasteiger partial charge is 0.327 e. The molecule has 2 rings (SSSR count). The van der Waals surface area contributed by atoms with Gasteiger partial charge in [-0.1, -0.05) is 24.3 Å². The Kier molecular flexibility index (Phi) is 3.71. The first-order valence-corrected chi connectivity index (χ1v) is 6.80. The van der Waals surface area contributed by atoms with Gasteiger partial charge >= 0.3 is 0 Å². The zero-order chi connectivity index (χ0) is 10.7. The number of nitrogens with two attached hydrogens (primary N) is 1. The number of aryl methyl sites for hydroxylation is 1. The van der Waals surface area contributed by atoms with Crippen LogP contribution < -0.4 is 5.73 Å². The van der Waals surface area contributed by atoms with Crippen LogP contribution in [0.3, 0.4) is 0 Å². The van der Waals surface area contributed by atoms with Crippen molar-refractivity contribution < 1.29 is 0 Å². The van der Waals surface area contributed by atoms with Gasteiger partial charge in [0.15, 0.2) is 0 Å². The highest BCUT2D eigenvalue weighted by atomic mass is 32.2. The second-order valence-electron chi connectivity index (χ2n) is 4.42. The monoisotopic (exact) mass is 221 g/mol. The molecule has 2 heteroatoms. The van der Waals surface area contributed by atoms with Gasteiger partial charge in [0, 0.05) is 11.8 Å². The topological polar surface area (TPSA) is 26.0 Å². The smallest absolute Gasteiger partial charge is 0.0162 e. The highest BCUT2D eigenvalue weighted by Crippen LogP contribution is 2.26. The van der Waals surface area contributed by atoms with Crippen molar-refractivity contribution in [2.45, 2.75) is 25.8 Å². The van der Waals surface area contributed by atoms with Crippen LogP contribution >= 0.6 is 11.8 Å². The van der Waals surface area contributed by atoms with Crippen LogP contribution in [0.2, 0.25) is 0 Å². The van der Waals surface area contributed by atoms with E-state index in [4.69, 9.17) is 5.73 Å². The van der Waals surface area contributed by atoms with E-state index in [9.17, 15) is 0 Å². The molecular weight excluding hydrogens is 202 g/mol. The second-order valence-corrected chi connectivity index (χ2v) is 5.57. The lowest BCUT2D eigenvalue weighted by Gasteiger charge is -2.28. The Labute approximate surface area is 96.4 Å². The molecule has 1 aromatic rings. The molecule has 1 aliphatic rings. The van der Waals surface area contributed by atoms with Gasteiger partial charge in [-0.05, 0) is 42.6 Å². The lowest BCUT2D eigenvalue weighted by Crippen LogP contribution is -2.37. The number of hydrogen-bond acceptors (Lipinski definition) is 2. The summed E-state index contributed by atoms with van der Waals surface area (Å²) >= 11 is 2.00. The van der Waals surface area contributed by atoms with Crippen molar-refractivity contribution >= 4 is 11.8 Å². The van der Waals surface area contributed by atoms with Gasteiger partial charge in [0.25, 0.3) is 0 Å². The van der Waals surface area contributed by atoms with E-state index < -0.39 is 0 Å². The summed E-state index contributed by atoms with van der Waals surface area (Å²) in [6, 6.07) is 9.06. The van der Waals surface area contributed by atoms with Crippen molar-refractivity contribution in [3.05, 3.63) is 35.4 Å². The van der Waals surface area contributed by atoms with E-state index >= 15 is 0 Å². The molecule has 0 radical (unpaired) electrons. The molecule has 2 atom stereocenters. The first-order chi connectivity index (χ1) is 7.27. The highest BCUT2D eigenvalue weighted by Gasteiger charge is 2.22. The summed E-state index contributed by atoms with van der Waals surface area (Å²) in [5.74, 6) is 3.10. The third kappa shape index (κ3) is 2.76. The fourth-order valence-electron chi connectivity index (χ4n) is 2.18. The van der Waals surface area contributed by atoms with Crippen LogP contribution in [0.25, 0.3) is 0 Å². The van der Waals surface area contributed by atoms with Gasteiger partial charge in [0.1, 0.15) is 0 Å². The quantitative estimate of drug-likeness (QED) is 0.831. The van der Waals surface area contributed by atoms with Crippen LogP contribution in [0.5, 0.6) is 0 Å². The maximum atomic E-state index is 6.16. The summed E-state index contributed by atoms with van der Waals surface area (Å²) in [5, 5.41) is 0. The van der Waals surface area contributed by atoms with Crippen LogP contribution in [0.1, 0.15) is 17.5 Å². The number of thioether (sulfide) groups is 1. The zero-order valence-corrected chi connectivity index (χ0v) is 10.1. The molecule has 1 heterocycles. The van der Waals surface area contributed by atoms with Crippen LogP contribution in [0, 0.1) is 12.8 Å². The summed E-state index contributed by atoms with van der Waals surface area (Å²) in [6.07, 6.45) is 2.44. The molecule has 0 aliphatic carbocycles. The van der Waals surface area contributed by atoms with Gasteiger partial charge in [-0.3, -0.25) is 0 Å². The second kappa shape index (κ2) is 5.04. The van der Waals surface area contributed by atoms with E-state index in [0.717, 1.165) is 12.2 Å². The average Bonchev–Trinajstić information content (AvgIpc) is 2.24. The van der Waals surface area contributed by atoms with Gasteiger partial charge in [0.2, 0.25) is 0 Å². The summed E-state index contributed by atoms with van der Waals surface area (Å²) in [7, 11) is 0. The Morgan fingerprint density at radius 2 is 2.20 bits per heavy atom. The number of benzene rings is 1. The summed E-state index contributed by atoms with van der Waals surface area (Å²) in [5.41, 5.74) is 9.04. The standard InChI is InChI=1S/C13H19NS/c1-10-4-2-3-5-11(10)8-12-6-7-15-9-13(12)14/h2-5,12-13H,6-9,14H2,1H3. The van der Waals surface area contributed by atoms with Crippen LogP contribution in [-0.4, -0.2) is 17.5 Å². The van der Waals surface area contributed by atoms with Gasteiger partial charge in [-0.2, -0.15) is 11.8 Å². The average molecular weight is 221 g/mol. The predicted octanol–water partition coefficient (Wildman–Crippen LogP) is 2.62. The molecule has 0 amide bonds. The SMILES string of the molecule is Cc1ccccc1CC1CCSCC1N. The molecule has 1 nitrogen and oxygen atoms in total. The molecule has 0 spiro atoms. The van der Waals surface area contributed by atoms with Crippen molar-refractivity contribution in [2.24, 2.45) is 11.7 Å². The first-order valence-electron chi connectivity index (χ1n) is 5.65. The third-order valence-electron chi connectivity index (χ3n) is 3.29. The van der Waals surface area contributed by atoms with Crippen LogP contribution in [0.4, 0.5) is 0 Å². The minimum absolute atomic E-state index is 0.392. The lowest BCUT2D eigenvalue weighted by molar-refractivity contribution is 0.425. The summed E-state index contributed by atoms with van der Waals surface area (Å²) in [4.78, 5) is 0. The Balaban J connectivity index is 2.04. The Bertz CT molecular complexity index is 324. The van der Waals surface area contributed by atoms with E-state index in [1.54, 1.807) is 0 Å². The predicted molar refractivity (Wildman–Crippen MR) is 68.3 cm³/mol. The number of hydrogen-bond donors (Lipinski definition) is 1. The van der Waals surface area contributed by atoms with Gasteiger partial charge in [0.05, 0.1) is 0 Å². The fourth-order valence-corrected chi connectivity index (χ4v) is 3.36. The van der Waals surface area contributed by atoms with Crippen molar-refractivity contribution in [1.29, 1.82) is 0 Å². The Morgan fingerprint density at radius 1 is 1.40 bits per heavy atom. The van der Waals surface area contributed by atoms with E-state index in [1.807, 2.05) is 11.8 Å². The van der Waals surface area contributed by atoms with Gasteiger partial charge < -0.3 is 5.73 Å². The molecule has 1 saturated heterocycles. The molecule has 0 aromatic heterocycles. The van der Waals surface area contributed by atoms with Crippen molar-refractivity contribution in [3.8, 4) is 0 Å². The van der Waals surface area contributed by atoms with E-state index in [1.165, 1.54) is 23.3 Å². The summed E-state index contributed by atoms with van der Waals surface area (Å²) in [6.45, 7) is 2.19. The van der Waals surface area contributed by atoms with E-state index in [0.29, 0.717) is 12.0 Å². The minimum Gasteiger partial charge on any atom is -0.327 e. The molecule has 0 bridgehead atoms. The molecule has 1 fully saturated rings. The molecule has 2 unspecified atom stereocenters. The minimum atomic E-state index is 0.392. The molecule has 82 valence electrons. The van der Waals surface area contributed by atoms with Crippen molar-refractivity contribution in [3.63, 3.8) is 0 Å². The molecule has 2 N–H and O–H groups in total. The molecule has 1 aliphatic heterocycles. The Hall–Kier alpha value is -0.470. The van der Waals surface area contributed by atoms with Crippen molar-refractivity contribution in [1.82, 2.24) is 0 Å². The molecule has 1 aromatic carbocycles. The molecular formula is C13H19NS. The fraction of sp³-hybridized carbons (Fsp3) is 0.538. The number of rotatable bonds is 2. The maximum Gasteiger partial charge on any atom is 0.0162 e. The van der Waals surface area contributed by atoms with Crippen molar-refractivity contribution in [2.75, 3.05) is 11.5 Å². The van der Waals surface area contributed by atoms with Crippen LogP contribution in [0.15, 0.2) is 24.3 Å². The Morgan fingerprint density at radius 3 is 2.93 bits per heavy atom. The molecule has 0 saturated carbocycles. The van der Waals surface area contributed by atoms with Gasteiger partial charge in [-0.25, -0.2) is 0 Å². The normalized spacial score (nSPS) is 26.5.